The Hall–Kier alpha value is -1.68. The summed E-state index contributed by atoms with van der Waals surface area (Å²) in [6.07, 6.45) is 1.73. The molecule has 4 nitrogen and oxygen atoms in total. The van der Waals surface area contributed by atoms with Crippen LogP contribution in [0.15, 0.2) is 29.9 Å². The first-order chi connectivity index (χ1) is 7.16. The predicted octanol–water partition coefficient (Wildman–Crippen LogP) is 2.31. The van der Waals surface area contributed by atoms with Crippen LogP contribution in [-0.2, 0) is 0 Å². The van der Waals surface area contributed by atoms with Crippen molar-refractivity contribution in [3.05, 3.63) is 29.9 Å². The molecular formula is C10H11ClN4. The highest BCUT2D eigenvalue weighted by Gasteiger charge is 2.03. The van der Waals surface area contributed by atoms with E-state index in [-0.39, 0.29) is 0 Å². The van der Waals surface area contributed by atoms with E-state index in [1.54, 1.807) is 6.20 Å². The first-order valence-electron chi connectivity index (χ1n) is 4.46. The van der Waals surface area contributed by atoms with Gasteiger partial charge in [-0.05, 0) is 12.1 Å². The molecule has 0 radical (unpaired) electrons. The lowest BCUT2D eigenvalue weighted by Gasteiger charge is -2.08. The zero-order valence-electron chi connectivity index (χ0n) is 8.05. The topological polar surface area (TPSA) is 66.7 Å². The molecule has 1 heterocycles. The minimum atomic E-state index is 0.491. The minimum absolute atomic E-state index is 0.491. The lowest BCUT2D eigenvalue weighted by Crippen LogP contribution is -2.03. The van der Waals surface area contributed by atoms with Crippen molar-refractivity contribution in [1.29, 1.82) is 0 Å². The molecule has 1 aromatic carbocycles. The Bertz CT molecular complexity index is 503. The van der Waals surface area contributed by atoms with Crippen LogP contribution in [0.1, 0.15) is 0 Å². The Morgan fingerprint density at radius 2 is 2.40 bits per heavy atom. The molecule has 0 atom stereocenters. The highest BCUT2D eigenvalue weighted by molar-refractivity contribution is 6.29. The smallest absolute Gasteiger partial charge is 0.0672 e. The second kappa shape index (κ2) is 3.82. The Labute approximate surface area is 92.1 Å². The van der Waals surface area contributed by atoms with Gasteiger partial charge in [-0.2, -0.15) is 5.10 Å². The molecular weight excluding hydrogens is 212 g/mol. The molecule has 0 bridgehead atoms. The van der Waals surface area contributed by atoms with E-state index in [2.05, 4.69) is 22.1 Å². The number of nitrogens with one attached hydrogen (secondary N) is 2. The van der Waals surface area contributed by atoms with E-state index in [0.29, 0.717) is 17.3 Å². The summed E-state index contributed by atoms with van der Waals surface area (Å²) in [4.78, 5) is 0. The number of nitrogens with zero attached hydrogens (tertiary/aromatic N) is 1. The van der Waals surface area contributed by atoms with Crippen molar-refractivity contribution in [3.8, 4) is 0 Å². The third-order valence-corrected chi connectivity index (χ3v) is 2.21. The SMILES string of the molecule is C=C(Cl)CNc1cc2[nH]ncc2cc1N. The summed E-state index contributed by atoms with van der Waals surface area (Å²) in [5.41, 5.74) is 8.29. The number of aromatic nitrogens is 2. The van der Waals surface area contributed by atoms with E-state index in [0.717, 1.165) is 16.6 Å². The molecule has 5 heteroatoms. The number of fused-ring (bicyclic) bond motifs is 1. The van der Waals surface area contributed by atoms with Gasteiger partial charge >= 0.3 is 0 Å². The standard InChI is InChI=1S/C10H11ClN4/c1-6(11)4-13-10-3-9-7(2-8(10)12)5-14-15-9/h2-3,5,13H,1,4,12H2,(H,14,15). The van der Waals surface area contributed by atoms with Gasteiger partial charge in [-0.25, -0.2) is 0 Å². The summed E-state index contributed by atoms with van der Waals surface area (Å²) in [5, 5.41) is 11.4. The Morgan fingerprint density at radius 1 is 1.60 bits per heavy atom. The second-order valence-electron chi connectivity index (χ2n) is 3.27. The van der Waals surface area contributed by atoms with E-state index >= 15 is 0 Å². The van der Waals surface area contributed by atoms with Gasteiger partial charge in [0.05, 0.1) is 29.6 Å². The molecule has 0 aliphatic carbocycles. The molecule has 1 aromatic heterocycles. The number of halogens is 1. The van der Waals surface area contributed by atoms with Crippen molar-refractivity contribution in [2.45, 2.75) is 0 Å². The van der Waals surface area contributed by atoms with Crippen molar-refractivity contribution < 1.29 is 0 Å². The summed E-state index contributed by atoms with van der Waals surface area (Å²) in [6.45, 7) is 4.09. The lowest BCUT2D eigenvalue weighted by molar-refractivity contribution is 1.12. The largest absolute Gasteiger partial charge is 0.397 e. The number of hydrogen-bond donors (Lipinski definition) is 3. The summed E-state index contributed by atoms with van der Waals surface area (Å²) in [5.74, 6) is 0. The third-order valence-electron chi connectivity index (χ3n) is 2.08. The van der Waals surface area contributed by atoms with Crippen LogP contribution in [0.3, 0.4) is 0 Å². The molecule has 0 amide bonds. The molecule has 0 fully saturated rings. The molecule has 0 spiro atoms. The van der Waals surface area contributed by atoms with Crippen molar-refractivity contribution in [2.75, 3.05) is 17.6 Å². The van der Waals surface area contributed by atoms with Crippen LogP contribution in [0.5, 0.6) is 0 Å². The zero-order chi connectivity index (χ0) is 10.8. The molecule has 2 aromatic rings. The van der Waals surface area contributed by atoms with Crippen molar-refractivity contribution >= 4 is 33.9 Å². The lowest BCUT2D eigenvalue weighted by atomic mass is 10.2. The first-order valence-corrected chi connectivity index (χ1v) is 4.84. The van der Waals surface area contributed by atoms with E-state index in [9.17, 15) is 0 Å². The monoisotopic (exact) mass is 222 g/mol. The van der Waals surface area contributed by atoms with E-state index in [1.807, 2.05) is 12.1 Å². The molecule has 0 saturated carbocycles. The van der Waals surface area contributed by atoms with Crippen LogP contribution < -0.4 is 11.1 Å². The number of anilines is 2. The highest BCUT2D eigenvalue weighted by Crippen LogP contribution is 2.24. The van der Waals surface area contributed by atoms with Gasteiger partial charge in [-0.3, -0.25) is 5.10 Å². The molecule has 15 heavy (non-hydrogen) atoms. The fourth-order valence-electron chi connectivity index (χ4n) is 1.35. The fourth-order valence-corrected chi connectivity index (χ4v) is 1.42. The molecule has 0 aliphatic heterocycles. The average Bonchev–Trinajstić information content (AvgIpc) is 2.60. The molecule has 2 rings (SSSR count). The number of aromatic amines is 1. The van der Waals surface area contributed by atoms with Crippen molar-refractivity contribution in [1.82, 2.24) is 10.2 Å². The number of benzene rings is 1. The van der Waals surface area contributed by atoms with Gasteiger partial charge in [0.2, 0.25) is 0 Å². The number of nitrogen functional groups attached to an aromatic ring is 1. The van der Waals surface area contributed by atoms with Crippen LogP contribution in [0.2, 0.25) is 0 Å². The Kier molecular flexibility index (Phi) is 2.51. The number of nitrogens with two attached hydrogens (primary N) is 1. The van der Waals surface area contributed by atoms with Crippen LogP contribution in [-0.4, -0.2) is 16.7 Å². The van der Waals surface area contributed by atoms with Gasteiger partial charge in [0.25, 0.3) is 0 Å². The summed E-state index contributed by atoms with van der Waals surface area (Å²) in [7, 11) is 0. The van der Waals surface area contributed by atoms with Crippen molar-refractivity contribution in [3.63, 3.8) is 0 Å². The van der Waals surface area contributed by atoms with Crippen LogP contribution in [0, 0.1) is 0 Å². The third kappa shape index (κ3) is 2.05. The maximum absolute atomic E-state index is 5.86. The normalized spacial score (nSPS) is 10.5. The second-order valence-corrected chi connectivity index (χ2v) is 3.80. The van der Waals surface area contributed by atoms with Gasteiger partial charge in [0.1, 0.15) is 0 Å². The van der Waals surface area contributed by atoms with Crippen molar-refractivity contribution in [2.24, 2.45) is 0 Å². The molecule has 0 saturated heterocycles. The van der Waals surface area contributed by atoms with E-state index in [4.69, 9.17) is 17.3 Å². The molecule has 0 aliphatic rings. The molecule has 4 N–H and O–H groups in total. The van der Waals surface area contributed by atoms with Crippen LogP contribution >= 0.6 is 11.6 Å². The minimum Gasteiger partial charge on any atom is -0.397 e. The maximum Gasteiger partial charge on any atom is 0.0672 e. The molecule has 78 valence electrons. The number of rotatable bonds is 3. The number of H-pyrrole nitrogens is 1. The highest BCUT2D eigenvalue weighted by atomic mass is 35.5. The summed E-state index contributed by atoms with van der Waals surface area (Å²) < 4.78 is 0. The predicted molar refractivity (Wildman–Crippen MR) is 64.0 cm³/mol. The Balaban J connectivity index is 2.33. The van der Waals surface area contributed by atoms with Gasteiger partial charge in [0.15, 0.2) is 0 Å². The number of hydrogen-bond acceptors (Lipinski definition) is 3. The van der Waals surface area contributed by atoms with E-state index < -0.39 is 0 Å². The van der Waals surface area contributed by atoms with Gasteiger partial charge < -0.3 is 11.1 Å². The maximum atomic E-state index is 5.86. The van der Waals surface area contributed by atoms with Gasteiger partial charge in [-0.15, -0.1) is 0 Å². The fraction of sp³-hybridized carbons (Fsp3) is 0.100. The summed E-state index contributed by atoms with van der Waals surface area (Å²) >= 11 is 5.66. The quantitative estimate of drug-likeness (QED) is 0.699. The van der Waals surface area contributed by atoms with Crippen LogP contribution in [0.4, 0.5) is 11.4 Å². The first kappa shape index (κ1) is 9.86. The Morgan fingerprint density at radius 3 is 3.13 bits per heavy atom. The summed E-state index contributed by atoms with van der Waals surface area (Å²) in [6, 6.07) is 3.76. The zero-order valence-corrected chi connectivity index (χ0v) is 8.80. The molecule has 0 unspecified atom stereocenters. The van der Waals surface area contributed by atoms with Gasteiger partial charge in [-0.1, -0.05) is 18.2 Å². The average molecular weight is 223 g/mol. The van der Waals surface area contributed by atoms with E-state index in [1.165, 1.54) is 0 Å². The van der Waals surface area contributed by atoms with Crippen LogP contribution in [0.25, 0.3) is 10.9 Å². The van der Waals surface area contributed by atoms with Gasteiger partial charge in [0, 0.05) is 10.4 Å².